The van der Waals surface area contributed by atoms with Gasteiger partial charge in [0.25, 0.3) is 11.7 Å². The number of carbonyl (C=O) groups is 4. The Morgan fingerprint density at radius 3 is 2.23 bits per heavy atom. The van der Waals surface area contributed by atoms with Crippen molar-refractivity contribution in [1.29, 1.82) is 0 Å². The average Bonchev–Trinajstić information content (AvgIpc) is 3.18. The molecule has 3 aliphatic heterocycles. The molecule has 3 heterocycles. The third-order valence-electron chi connectivity index (χ3n) is 12.7. The number of hydrogen-bond donors (Lipinski definition) is 4. The lowest BCUT2D eigenvalue weighted by Gasteiger charge is -2.47. The number of piperidine rings is 1. The molecule has 14 nitrogen and oxygen atoms in total. The van der Waals surface area contributed by atoms with E-state index in [9.17, 15) is 39.6 Å². The first-order chi connectivity index (χ1) is 26.5. The van der Waals surface area contributed by atoms with E-state index in [0.717, 1.165) is 4.90 Å². The van der Waals surface area contributed by atoms with Crippen molar-refractivity contribution in [2.75, 3.05) is 27.9 Å². The van der Waals surface area contributed by atoms with Gasteiger partial charge in [-0.05, 0) is 94.6 Å². The summed E-state index contributed by atoms with van der Waals surface area (Å²) in [4.78, 5) is 57.3. The maximum atomic E-state index is 14.2. The average molecular weight is 794 g/mol. The van der Waals surface area contributed by atoms with Gasteiger partial charge in [-0.2, -0.15) is 0 Å². The van der Waals surface area contributed by atoms with Crippen LogP contribution in [-0.4, -0.2) is 137 Å². The van der Waals surface area contributed by atoms with E-state index in [4.69, 9.17) is 23.7 Å². The first-order valence-corrected chi connectivity index (χ1v) is 20.5. The van der Waals surface area contributed by atoms with Gasteiger partial charge in [-0.25, -0.2) is 4.79 Å². The zero-order chi connectivity index (χ0) is 41.5. The number of ketones is 2. The Bertz CT molecular complexity index is 1430. The van der Waals surface area contributed by atoms with Crippen molar-refractivity contribution in [3.63, 3.8) is 0 Å². The van der Waals surface area contributed by atoms with E-state index in [1.54, 1.807) is 34.0 Å². The van der Waals surface area contributed by atoms with Crippen molar-refractivity contribution >= 4 is 23.4 Å². The predicted molar refractivity (Wildman–Crippen MR) is 205 cm³/mol. The van der Waals surface area contributed by atoms with Gasteiger partial charge < -0.3 is 49.0 Å². The number of aliphatic hydroxyl groups is 4. The molecule has 1 aliphatic carbocycles. The van der Waals surface area contributed by atoms with Crippen LogP contribution in [0.1, 0.15) is 105 Å². The summed E-state index contributed by atoms with van der Waals surface area (Å²) in [5.74, 6) is -7.77. The smallest absolute Gasteiger partial charge is 0.329 e. The van der Waals surface area contributed by atoms with Crippen molar-refractivity contribution in [3.05, 3.63) is 23.3 Å². The van der Waals surface area contributed by atoms with Gasteiger partial charge in [-0.3, -0.25) is 14.4 Å². The highest BCUT2D eigenvalue weighted by Gasteiger charge is 2.56. The molecule has 56 heavy (non-hydrogen) atoms. The Morgan fingerprint density at radius 2 is 1.59 bits per heavy atom. The summed E-state index contributed by atoms with van der Waals surface area (Å²) in [6.45, 7) is 8.86. The number of methoxy groups -OCH3 is 3. The Kier molecular flexibility index (Phi) is 16.8. The number of fused-ring (bicyclic) bond motifs is 3. The van der Waals surface area contributed by atoms with E-state index in [2.05, 4.69) is 0 Å². The highest BCUT2D eigenvalue weighted by atomic mass is 16.7. The van der Waals surface area contributed by atoms with Crippen LogP contribution in [0.5, 0.6) is 0 Å². The third-order valence-corrected chi connectivity index (χ3v) is 12.7. The molecule has 0 radical (unpaired) electrons. The molecule has 1 amide bonds. The van der Waals surface area contributed by atoms with Crippen LogP contribution in [0.2, 0.25) is 0 Å². The fraction of sp³-hybridized carbons (Fsp3) is 0.810. The normalized spacial score (nSPS) is 41.6. The maximum absolute atomic E-state index is 14.2. The van der Waals surface area contributed by atoms with Crippen LogP contribution in [0.3, 0.4) is 0 Å². The largest absolute Gasteiger partial charge is 0.456 e. The van der Waals surface area contributed by atoms with Crippen LogP contribution < -0.4 is 0 Å². The number of ether oxygens (including phenoxy) is 5. The lowest BCUT2D eigenvalue weighted by atomic mass is 9.81. The molecular weight excluding hydrogens is 726 g/mol. The molecule has 14 heteroatoms. The van der Waals surface area contributed by atoms with Crippen LogP contribution >= 0.6 is 0 Å². The number of hydrogen-bond acceptors (Lipinski definition) is 13. The van der Waals surface area contributed by atoms with E-state index < -0.39 is 90.0 Å². The molecule has 0 aromatic rings. The molecule has 318 valence electrons. The second kappa shape index (κ2) is 20.4. The van der Waals surface area contributed by atoms with Crippen LogP contribution in [-0.2, 0) is 42.9 Å². The number of esters is 1. The molecule has 0 aromatic carbocycles. The molecular formula is C42H67NO13. The van der Waals surface area contributed by atoms with E-state index >= 15 is 0 Å². The summed E-state index contributed by atoms with van der Waals surface area (Å²) in [5, 5.41) is 45.2. The van der Waals surface area contributed by atoms with Crippen LogP contribution in [0, 0.1) is 23.7 Å². The van der Waals surface area contributed by atoms with Crippen LogP contribution in [0.4, 0.5) is 0 Å². The zero-order valence-corrected chi connectivity index (χ0v) is 34.6. The molecule has 3 fully saturated rings. The van der Waals surface area contributed by atoms with Gasteiger partial charge in [0.05, 0.1) is 36.6 Å². The van der Waals surface area contributed by atoms with Gasteiger partial charge in [0.1, 0.15) is 24.0 Å². The van der Waals surface area contributed by atoms with Gasteiger partial charge in [0.15, 0.2) is 0 Å². The van der Waals surface area contributed by atoms with Crippen LogP contribution in [0.25, 0.3) is 0 Å². The number of Topliss-reactive ketones (excluding diaryl/α,β-unsaturated/α-hetero) is 2. The van der Waals surface area contributed by atoms with Crippen molar-refractivity contribution < 1.29 is 63.3 Å². The first kappa shape index (κ1) is 46.1. The summed E-state index contributed by atoms with van der Waals surface area (Å²) in [7, 11) is 4.49. The van der Waals surface area contributed by atoms with E-state index in [1.165, 1.54) is 14.2 Å². The second-order valence-corrected chi connectivity index (χ2v) is 16.7. The second-order valence-electron chi connectivity index (χ2n) is 16.7. The van der Waals surface area contributed by atoms with Crippen molar-refractivity contribution in [2.45, 2.75) is 166 Å². The van der Waals surface area contributed by atoms with Gasteiger partial charge in [-0.1, -0.05) is 32.9 Å². The molecule has 0 spiro atoms. The van der Waals surface area contributed by atoms with Crippen molar-refractivity contribution in [3.8, 4) is 0 Å². The fourth-order valence-corrected chi connectivity index (χ4v) is 9.02. The maximum Gasteiger partial charge on any atom is 0.329 e. The molecule has 4 aliphatic rings. The minimum atomic E-state index is -2.57. The summed E-state index contributed by atoms with van der Waals surface area (Å²) >= 11 is 0. The number of amides is 1. The van der Waals surface area contributed by atoms with Gasteiger partial charge >= 0.3 is 5.97 Å². The molecule has 2 bridgehead atoms. The summed E-state index contributed by atoms with van der Waals surface area (Å²) < 4.78 is 29.4. The number of carbonyl (C=O) groups excluding carboxylic acids is 4. The number of cyclic esters (lactones) is 1. The summed E-state index contributed by atoms with van der Waals surface area (Å²) in [5.41, 5.74) is 1.19. The molecule has 0 aromatic heterocycles. The van der Waals surface area contributed by atoms with Crippen LogP contribution in [0.15, 0.2) is 23.3 Å². The molecule has 0 unspecified atom stereocenters. The lowest BCUT2D eigenvalue weighted by Crippen LogP contribution is -2.64. The minimum Gasteiger partial charge on any atom is -0.456 e. The predicted octanol–water partition coefficient (Wildman–Crippen LogP) is 3.20. The Labute approximate surface area is 331 Å². The van der Waals surface area contributed by atoms with E-state index in [-0.39, 0.29) is 56.5 Å². The molecule has 2 saturated heterocycles. The lowest BCUT2D eigenvalue weighted by molar-refractivity contribution is -0.302. The molecule has 1 saturated carbocycles. The first-order valence-electron chi connectivity index (χ1n) is 20.5. The van der Waals surface area contributed by atoms with Crippen molar-refractivity contribution in [2.24, 2.45) is 23.7 Å². The van der Waals surface area contributed by atoms with Gasteiger partial charge in [0.2, 0.25) is 5.79 Å². The summed E-state index contributed by atoms with van der Waals surface area (Å²) in [6.07, 6.45) is 0.643. The minimum absolute atomic E-state index is 0.0137. The number of rotatable bonds is 6. The fourth-order valence-electron chi connectivity index (χ4n) is 9.02. The Hall–Kier alpha value is -2.56. The highest BCUT2D eigenvalue weighted by Crippen LogP contribution is 2.39. The third kappa shape index (κ3) is 10.7. The topological polar surface area (TPSA) is 199 Å². The highest BCUT2D eigenvalue weighted by molar-refractivity contribution is 6.39. The Morgan fingerprint density at radius 1 is 0.929 bits per heavy atom. The van der Waals surface area contributed by atoms with E-state index in [0.29, 0.717) is 49.7 Å². The Balaban J connectivity index is 1.75. The summed E-state index contributed by atoms with van der Waals surface area (Å²) in [6, 6.07) is -1.15. The number of aliphatic hydroxyl groups excluding tert-OH is 3. The van der Waals surface area contributed by atoms with Gasteiger partial charge in [-0.15, -0.1) is 0 Å². The SMILES string of the molecule is CC[C@@H]1/C=C(\C)[C@@H](O)[C@H](C)C[C@H](OC)[C@H]2O[C@@](O)(C(=O)C(=O)N3CCCC[C@H]3C(=O)O[C@H](/C(C)=C/[C@@H]3CC[C@@H](O)[C@H](OC)C3)C[C@@H](O)CC1=O)[C@H](C)C[C@@H]2OC. The molecule has 14 atom stereocenters. The standard InChI is InChI=1S/C42H67NO13/c1-9-28-17-24(3)37(47)25(4)18-35(53-7)38-36(54-8)19-26(5)42(51,56-38)39(48)40(49)43-15-11-10-12-30(43)41(50)55-33(22-29(44)21-32(28)46)23(2)16-27-13-14-31(45)34(20-27)52-6/h16-17,25-31,33-38,44-45,47,51H,9-15,18-22H2,1-8H3/b23-16+,24-17+/t25-,26-,27+,28-,29+,30+,31-,33+,34-,35+,36+,37-,38-,42-/m1/s1. The van der Waals surface area contributed by atoms with E-state index in [1.807, 2.05) is 19.9 Å². The quantitative estimate of drug-likeness (QED) is 0.174. The zero-order valence-electron chi connectivity index (χ0n) is 34.6. The number of nitrogens with zero attached hydrogens (tertiary/aromatic N) is 1. The number of allylic oxidation sites excluding steroid dienone is 2. The van der Waals surface area contributed by atoms with Gasteiger partial charge in [0, 0.05) is 52.6 Å². The molecule has 4 N–H and O–H groups in total. The molecule has 4 rings (SSSR count). The van der Waals surface area contributed by atoms with Crippen molar-refractivity contribution in [1.82, 2.24) is 4.90 Å². The monoisotopic (exact) mass is 793 g/mol.